The Morgan fingerprint density at radius 3 is 2.43 bits per heavy atom. The van der Waals surface area contributed by atoms with Gasteiger partial charge in [-0.05, 0) is 30.2 Å². The van der Waals surface area contributed by atoms with Crippen LogP contribution in [0.2, 0.25) is 5.02 Å². The van der Waals surface area contributed by atoms with E-state index in [2.05, 4.69) is 36.4 Å². The molecule has 0 spiro atoms. The van der Waals surface area contributed by atoms with Crippen LogP contribution in [0.1, 0.15) is 30.9 Å². The van der Waals surface area contributed by atoms with Crippen molar-refractivity contribution in [2.75, 3.05) is 24.7 Å². The summed E-state index contributed by atoms with van der Waals surface area (Å²) >= 11 is 6.17. The smallest absolute Gasteiger partial charge is 0.455 e. The number of hydrogen-bond acceptors (Lipinski definition) is 18. The third kappa shape index (κ3) is 10.3. The van der Waals surface area contributed by atoms with E-state index in [1.54, 1.807) is 24.3 Å². The number of rotatable bonds is 17. The number of aromatic nitrogens is 6. The molecule has 0 bridgehead atoms. The highest BCUT2D eigenvalue weighted by Crippen LogP contribution is 2.56. The monoisotopic (exact) mass is 899 g/mol. The topological polar surface area (TPSA) is 358 Å². The summed E-state index contributed by atoms with van der Waals surface area (Å²) in [6.07, 6.45) is -7.14. The maximum atomic E-state index is 14.1. The molecule has 0 saturated carbocycles. The number of benzene rings is 1. The van der Waals surface area contributed by atoms with Crippen LogP contribution in [-0.4, -0.2) is 121 Å². The molecule has 3 aromatic heterocycles. The van der Waals surface area contributed by atoms with Crippen LogP contribution in [0.4, 0.5) is 11.6 Å². The first kappa shape index (κ1) is 44.9. The van der Waals surface area contributed by atoms with Crippen molar-refractivity contribution in [3.8, 4) is 0 Å². The predicted octanol–water partition coefficient (Wildman–Crippen LogP) is -0.297. The predicted molar refractivity (Wildman–Crippen MR) is 206 cm³/mol. The van der Waals surface area contributed by atoms with Gasteiger partial charge in [0.05, 0.1) is 19.5 Å². The molecule has 5 heterocycles. The van der Waals surface area contributed by atoms with Crippen LogP contribution in [-0.2, 0) is 48.4 Å². The fourth-order valence-electron chi connectivity index (χ4n) is 6.65. The van der Waals surface area contributed by atoms with Crippen LogP contribution in [0.25, 0.3) is 11.2 Å². The summed E-state index contributed by atoms with van der Waals surface area (Å²) in [6, 6.07) is 6.27. The van der Waals surface area contributed by atoms with Crippen LogP contribution in [0.5, 0.6) is 0 Å². The number of halogens is 1. The van der Waals surface area contributed by atoms with Crippen molar-refractivity contribution >= 4 is 61.7 Å². The highest BCUT2D eigenvalue weighted by molar-refractivity contribution is 7.53. The average Bonchev–Trinajstić information content (AvgIpc) is 3.85. The van der Waals surface area contributed by atoms with Crippen molar-refractivity contribution in [3.63, 3.8) is 0 Å². The average molecular weight is 900 g/mol. The van der Waals surface area contributed by atoms with Crippen molar-refractivity contribution in [1.82, 2.24) is 34.4 Å². The van der Waals surface area contributed by atoms with Crippen LogP contribution in [0.3, 0.4) is 0 Å². The molecule has 1 unspecified atom stereocenters. The number of nitrogens with one attached hydrogen (secondary N) is 1. The van der Waals surface area contributed by atoms with E-state index in [1.165, 1.54) is 17.0 Å². The fraction of sp³-hybridized carbons (Fsp3) is 0.424. The van der Waals surface area contributed by atoms with Gasteiger partial charge in [0.2, 0.25) is 5.91 Å². The minimum atomic E-state index is -5.28. The molecule has 10 N–H and O–H groups in total. The molecule has 1 aromatic carbocycles. The van der Waals surface area contributed by atoms with Crippen LogP contribution >= 0.6 is 27.0 Å². The van der Waals surface area contributed by atoms with Gasteiger partial charge in [-0.3, -0.25) is 23.0 Å². The number of hydrogen-bond donors (Lipinski definition) is 8. The summed E-state index contributed by atoms with van der Waals surface area (Å²) in [5.41, 5.74) is 9.14. The lowest BCUT2D eigenvalue weighted by molar-refractivity contribution is -0.160. The third-order valence-electron chi connectivity index (χ3n) is 9.42. The Bertz CT molecular complexity index is 2380. The number of amides is 1. The number of imidazole rings is 1. The number of carbonyl (C=O) groups excluding carboxylic acids is 2. The first-order valence-corrected chi connectivity index (χ1v) is 21.4. The van der Waals surface area contributed by atoms with Gasteiger partial charge < -0.3 is 60.4 Å². The Hall–Kier alpha value is -4.68. The van der Waals surface area contributed by atoms with Gasteiger partial charge >= 0.3 is 27.1 Å². The number of aliphatic hydroxyl groups is 2. The second-order valence-corrected chi connectivity index (χ2v) is 17.2. The van der Waals surface area contributed by atoms with E-state index in [-0.39, 0.29) is 42.1 Å². The number of carbonyl (C=O) groups is 2. The summed E-state index contributed by atoms with van der Waals surface area (Å²) in [5.74, 6) is -1.81. The number of esters is 1. The summed E-state index contributed by atoms with van der Waals surface area (Å²) in [7, 11) is -10.5. The number of nitrogens with zero attached hydrogens (tertiary/aromatic N) is 6. The molecular weight excluding hydrogens is 860 g/mol. The van der Waals surface area contributed by atoms with Crippen molar-refractivity contribution in [1.29, 1.82) is 0 Å². The Morgan fingerprint density at radius 2 is 1.73 bits per heavy atom. The maximum Gasteiger partial charge on any atom is 0.469 e. The molecule has 2 aliphatic heterocycles. The molecule has 0 aliphatic carbocycles. The van der Waals surface area contributed by atoms with Gasteiger partial charge in [-0.15, -0.1) is 6.58 Å². The van der Waals surface area contributed by atoms with Crippen molar-refractivity contribution in [2.45, 2.75) is 73.9 Å². The molecular formula is C33H40ClN9O15P2. The number of fused-ring (bicyclic) bond motifs is 1. The number of ether oxygens (including phenoxy) is 3. The highest BCUT2D eigenvalue weighted by atomic mass is 35.5. The Morgan fingerprint density at radius 1 is 1.02 bits per heavy atom. The summed E-state index contributed by atoms with van der Waals surface area (Å²) < 4.78 is 55.2. The van der Waals surface area contributed by atoms with E-state index in [4.69, 9.17) is 41.8 Å². The molecule has 2 aliphatic rings. The van der Waals surface area contributed by atoms with Crippen LogP contribution < -0.4 is 22.5 Å². The quantitative estimate of drug-likeness (QED) is 0.0383. The van der Waals surface area contributed by atoms with Crippen molar-refractivity contribution < 1.29 is 66.9 Å². The lowest BCUT2D eigenvalue weighted by atomic mass is 10.0. The number of phosphoric ester groups is 1. The van der Waals surface area contributed by atoms with Gasteiger partial charge in [-0.1, -0.05) is 29.8 Å². The molecule has 4 aromatic rings. The van der Waals surface area contributed by atoms with Crippen molar-refractivity contribution in [3.05, 3.63) is 82.9 Å². The summed E-state index contributed by atoms with van der Waals surface area (Å²) in [5, 5.41) is 26.0. The summed E-state index contributed by atoms with van der Waals surface area (Å²) in [4.78, 5) is 85.3. The SMILES string of the molecule is C=CCCC(=O)N[C@@H](Cc1cccc(Cl)c1)C(=O)O[C@H]1[C@@H](O)[C@H](n2cnc3c(N)ncnc32)O[C@@H]1COP(=O)(O)[C@H]1[C@@H](O)[C@H](n2ccc(N)nc2=O)O[C@@H]1COP(=O)(O)O. The largest absolute Gasteiger partial charge is 0.469 e. The zero-order valence-electron chi connectivity index (χ0n) is 31.1. The molecule has 10 atom stereocenters. The number of allylic oxidation sites excluding steroid dienone is 1. The van der Waals surface area contributed by atoms with Gasteiger partial charge in [0.1, 0.15) is 53.8 Å². The molecule has 324 valence electrons. The first-order chi connectivity index (χ1) is 28.4. The Balaban J connectivity index is 1.30. The van der Waals surface area contributed by atoms with E-state index in [9.17, 15) is 48.4 Å². The molecule has 2 saturated heterocycles. The maximum absolute atomic E-state index is 14.1. The number of phosphoric acid groups is 1. The zero-order valence-corrected chi connectivity index (χ0v) is 33.6. The fourth-order valence-corrected chi connectivity index (χ4v) is 8.85. The van der Waals surface area contributed by atoms with E-state index in [0.717, 1.165) is 23.2 Å². The van der Waals surface area contributed by atoms with E-state index in [1.807, 2.05) is 0 Å². The molecule has 2 fully saturated rings. The number of aliphatic hydroxyl groups excluding tert-OH is 2. The van der Waals surface area contributed by atoms with Gasteiger partial charge in [0, 0.05) is 24.1 Å². The standard InChI is InChI=1S/C33H40ClN9O15P2/c1-2-3-7-22(44)40-18(11-16-5-4-6-17(34)10-16)32(47)58-26-19(56-30(24(26)45)43-15-39-23-28(36)37-14-38-29(23)43)12-54-59(49,50)27-20(13-55-60(51,52)53)57-31(25(27)46)42-9-8-21(35)41-33(42)48/h2,4-6,8-10,14-15,18-20,24-27,30-31,45-46H,1,3,7,11-13H2,(H,40,44)(H,49,50)(H2,35,41,48)(H2,36,37,38)(H2,51,52,53)/t18-,19+,20+,24+,25+,26+,27+,30+,31+/m0/s1. The lowest BCUT2D eigenvalue weighted by Gasteiger charge is -2.27. The third-order valence-corrected chi connectivity index (χ3v) is 12.0. The van der Waals surface area contributed by atoms with Gasteiger partial charge in [0.25, 0.3) is 0 Å². The molecule has 24 nitrogen and oxygen atoms in total. The second-order valence-electron chi connectivity index (χ2n) is 13.6. The molecule has 6 rings (SSSR count). The number of nitrogen functional groups attached to an aromatic ring is 2. The van der Waals surface area contributed by atoms with Gasteiger partial charge in [-0.25, -0.2) is 29.1 Å². The molecule has 60 heavy (non-hydrogen) atoms. The number of nitrogens with two attached hydrogens (primary N) is 2. The van der Waals surface area contributed by atoms with Crippen LogP contribution in [0.15, 0.2) is 66.6 Å². The van der Waals surface area contributed by atoms with Gasteiger partial charge in [-0.2, -0.15) is 4.98 Å². The minimum Gasteiger partial charge on any atom is -0.455 e. The van der Waals surface area contributed by atoms with E-state index in [0.29, 0.717) is 10.6 Å². The minimum absolute atomic E-state index is 0.0173. The molecule has 1 amide bonds. The lowest BCUT2D eigenvalue weighted by Crippen LogP contribution is -2.47. The first-order valence-electron chi connectivity index (χ1n) is 17.8. The van der Waals surface area contributed by atoms with E-state index < -0.39 is 101 Å². The zero-order chi connectivity index (χ0) is 43.5. The van der Waals surface area contributed by atoms with E-state index >= 15 is 0 Å². The van der Waals surface area contributed by atoms with Crippen molar-refractivity contribution in [2.24, 2.45) is 0 Å². The number of anilines is 2. The second kappa shape index (κ2) is 18.5. The summed E-state index contributed by atoms with van der Waals surface area (Å²) in [6.45, 7) is 1.56. The Labute approximate surface area is 343 Å². The molecule has 0 radical (unpaired) electrons. The highest BCUT2D eigenvalue weighted by Gasteiger charge is 2.56. The Kier molecular flexibility index (Phi) is 13.8. The van der Waals surface area contributed by atoms with Gasteiger partial charge in [0.15, 0.2) is 30.0 Å². The molecule has 27 heteroatoms. The van der Waals surface area contributed by atoms with Crippen LogP contribution in [0, 0.1) is 0 Å². The normalized spacial score (nSPS) is 25.8.